The van der Waals surface area contributed by atoms with E-state index in [4.69, 9.17) is 9.52 Å². The molecule has 1 atom stereocenters. The van der Waals surface area contributed by atoms with Gasteiger partial charge in [-0.15, -0.1) is 0 Å². The Balaban J connectivity index is 2.54. The highest BCUT2D eigenvalue weighted by Gasteiger charge is 2.16. The number of carbonyl (C=O) groups is 1. The maximum atomic E-state index is 10.6. The highest BCUT2D eigenvalue weighted by molar-refractivity contribution is 5.70. The van der Waals surface area contributed by atoms with Crippen molar-refractivity contribution < 1.29 is 14.3 Å². The first-order valence-electron chi connectivity index (χ1n) is 3.99. The lowest BCUT2D eigenvalue weighted by Gasteiger charge is -2.05. The van der Waals surface area contributed by atoms with Crippen LogP contribution in [0.1, 0.15) is 19.1 Å². The van der Waals surface area contributed by atoms with Crippen LogP contribution in [0.15, 0.2) is 22.8 Å². The molecule has 3 nitrogen and oxygen atoms in total. The Hall–Kier alpha value is -1.25. The van der Waals surface area contributed by atoms with E-state index in [0.717, 1.165) is 5.76 Å². The van der Waals surface area contributed by atoms with Crippen LogP contribution in [0.25, 0.3) is 0 Å². The fourth-order valence-corrected chi connectivity index (χ4v) is 1.08. The van der Waals surface area contributed by atoms with Crippen molar-refractivity contribution in [3.05, 3.63) is 24.2 Å². The van der Waals surface area contributed by atoms with Crippen LogP contribution in [0.5, 0.6) is 0 Å². The second-order valence-electron chi connectivity index (χ2n) is 2.73. The summed E-state index contributed by atoms with van der Waals surface area (Å²) in [6.07, 6.45) is 2.68. The Morgan fingerprint density at radius 2 is 2.50 bits per heavy atom. The lowest BCUT2D eigenvalue weighted by molar-refractivity contribution is -0.141. The molecule has 0 saturated heterocycles. The van der Waals surface area contributed by atoms with Crippen LogP contribution in [-0.4, -0.2) is 11.1 Å². The molecule has 3 heteroatoms. The molecule has 12 heavy (non-hydrogen) atoms. The van der Waals surface area contributed by atoms with Gasteiger partial charge in [-0.2, -0.15) is 0 Å². The normalized spacial score (nSPS) is 12.8. The van der Waals surface area contributed by atoms with E-state index in [2.05, 4.69) is 0 Å². The summed E-state index contributed by atoms with van der Waals surface area (Å²) in [7, 11) is 0. The standard InChI is InChI=1S/C9H12O3/c1-2-7(9(10)11)6-8-4-3-5-12-8/h3-5,7H,2,6H2,1H3,(H,10,11). The van der Waals surface area contributed by atoms with Crippen LogP contribution < -0.4 is 0 Å². The lowest BCUT2D eigenvalue weighted by Crippen LogP contribution is -2.14. The van der Waals surface area contributed by atoms with Gasteiger partial charge in [-0.25, -0.2) is 0 Å². The number of carboxylic acids is 1. The van der Waals surface area contributed by atoms with E-state index in [1.807, 2.05) is 6.92 Å². The largest absolute Gasteiger partial charge is 0.481 e. The van der Waals surface area contributed by atoms with E-state index < -0.39 is 5.97 Å². The van der Waals surface area contributed by atoms with Gasteiger partial charge in [0.2, 0.25) is 0 Å². The maximum absolute atomic E-state index is 10.6. The zero-order valence-electron chi connectivity index (χ0n) is 6.99. The fraction of sp³-hybridized carbons (Fsp3) is 0.444. The Kier molecular flexibility index (Phi) is 2.91. The zero-order valence-corrected chi connectivity index (χ0v) is 6.99. The molecule has 0 bridgehead atoms. The minimum atomic E-state index is -0.756. The number of hydrogen-bond acceptors (Lipinski definition) is 2. The first kappa shape index (κ1) is 8.84. The molecule has 66 valence electrons. The number of hydrogen-bond donors (Lipinski definition) is 1. The van der Waals surface area contributed by atoms with Crippen molar-refractivity contribution in [2.75, 3.05) is 0 Å². The molecule has 0 spiro atoms. The van der Waals surface area contributed by atoms with Crippen molar-refractivity contribution in [3.8, 4) is 0 Å². The third kappa shape index (κ3) is 2.12. The van der Waals surface area contributed by atoms with Crippen LogP contribution in [0.2, 0.25) is 0 Å². The minimum absolute atomic E-state index is 0.323. The highest BCUT2D eigenvalue weighted by atomic mass is 16.4. The van der Waals surface area contributed by atoms with Gasteiger partial charge < -0.3 is 9.52 Å². The SMILES string of the molecule is CCC(Cc1ccco1)C(=O)O. The van der Waals surface area contributed by atoms with E-state index in [9.17, 15) is 4.79 Å². The Morgan fingerprint density at radius 3 is 2.92 bits per heavy atom. The van der Waals surface area contributed by atoms with E-state index >= 15 is 0 Å². The van der Waals surface area contributed by atoms with Crippen LogP contribution in [0, 0.1) is 5.92 Å². The van der Waals surface area contributed by atoms with E-state index in [-0.39, 0.29) is 5.92 Å². The molecule has 1 rings (SSSR count). The number of carboxylic acid groups (broad SMARTS) is 1. The summed E-state index contributed by atoms with van der Waals surface area (Å²) >= 11 is 0. The van der Waals surface area contributed by atoms with Gasteiger partial charge in [-0.05, 0) is 18.6 Å². The second kappa shape index (κ2) is 3.95. The van der Waals surface area contributed by atoms with Gasteiger partial charge in [0.25, 0.3) is 0 Å². The zero-order chi connectivity index (χ0) is 8.97. The van der Waals surface area contributed by atoms with Gasteiger partial charge in [0.05, 0.1) is 12.2 Å². The maximum Gasteiger partial charge on any atom is 0.306 e. The molecule has 1 aromatic rings. The van der Waals surface area contributed by atoms with Crippen molar-refractivity contribution in [2.45, 2.75) is 19.8 Å². The molecule has 0 saturated carbocycles. The predicted molar refractivity (Wildman–Crippen MR) is 43.8 cm³/mol. The Morgan fingerprint density at radius 1 is 1.75 bits per heavy atom. The molecule has 0 aliphatic rings. The van der Waals surface area contributed by atoms with Crippen molar-refractivity contribution in [3.63, 3.8) is 0 Å². The summed E-state index contributed by atoms with van der Waals surface area (Å²) in [4.78, 5) is 10.6. The molecule has 0 fully saturated rings. The third-order valence-corrected chi connectivity index (χ3v) is 1.87. The van der Waals surface area contributed by atoms with Crippen molar-refractivity contribution in [1.29, 1.82) is 0 Å². The van der Waals surface area contributed by atoms with Gasteiger partial charge in [-0.3, -0.25) is 4.79 Å². The van der Waals surface area contributed by atoms with Gasteiger partial charge in [-0.1, -0.05) is 6.92 Å². The van der Waals surface area contributed by atoms with Crippen LogP contribution in [0.3, 0.4) is 0 Å². The molecule has 0 amide bonds. The molecule has 0 aliphatic heterocycles. The van der Waals surface area contributed by atoms with Crippen LogP contribution >= 0.6 is 0 Å². The van der Waals surface area contributed by atoms with Crippen LogP contribution in [-0.2, 0) is 11.2 Å². The summed E-state index contributed by atoms with van der Waals surface area (Å²) in [5.74, 6) is -0.339. The fourth-order valence-electron chi connectivity index (χ4n) is 1.08. The topological polar surface area (TPSA) is 50.4 Å². The van der Waals surface area contributed by atoms with Crippen molar-refractivity contribution in [2.24, 2.45) is 5.92 Å². The summed E-state index contributed by atoms with van der Waals surface area (Å²) in [6.45, 7) is 1.86. The number of aliphatic carboxylic acids is 1. The van der Waals surface area contributed by atoms with E-state index in [1.165, 1.54) is 0 Å². The first-order valence-corrected chi connectivity index (χ1v) is 3.99. The summed E-state index contributed by atoms with van der Waals surface area (Å²) in [5.41, 5.74) is 0. The van der Waals surface area contributed by atoms with Crippen molar-refractivity contribution >= 4 is 5.97 Å². The van der Waals surface area contributed by atoms with Gasteiger partial charge >= 0.3 is 5.97 Å². The summed E-state index contributed by atoms with van der Waals surface area (Å²) in [5, 5.41) is 8.73. The van der Waals surface area contributed by atoms with Gasteiger partial charge in [0, 0.05) is 6.42 Å². The molecule has 1 N–H and O–H groups in total. The molecule has 0 aliphatic carbocycles. The monoisotopic (exact) mass is 168 g/mol. The average Bonchev–Trinajstić information content (AvgIpc) is 2.51. The molecule has 1 unspecified atom stereocenters. The van der Waals surface area contributed by atoms with E-state index in [1.54, 1.807) is 18.4 Å². The molecule has 0 aromatic carbocycles. The average molecular weight is 168 g/mol. The highest BCUT2D eigenvalue weighted by Crippen LogP contribution is 2.12. The molecular formula is C9H12O3. The Labute approximate surface area is 71.0 Å². The quantitative estimate of drug-likeness (QED) is 0.747. The first-order chi connectivity index (χ1) is 5.74. The smallest absolute Gasteiger partial charge is 0.306 e. The molecule has 0 radical (unpaired) electrons. The molecule has 1 aromatic heterocycles. The number of rotatable bonds is 4. The minimum Gasteiger partial charge on any atom is -0.481 e. The number of furan rings is 1. The molecular weight excluding hydrogens is 156 g/mol. The summed E-state index contributed by atoms with van der Waals surface area (Å²) in [6, 6.07) is 3.56. The van der Waals surface area contributed by atoms with E-state index in [0.29, 0.717) is 12.8 Å². The van der Waals surface area contributed by atoms with Crippen LogP contribution in [0.4, 0.5) is 0 Å². The molecule has 1 heterocycles. The summed E-state index contributed by atoms with van der Waals surface area (Å²) < 4.78 is 5.05. The Bertz CT molecular complexity index is 238. The van der Waals surface area contributed by atoms with Gasteiger partial charge in [0.1, 0.15) is 5.76 Å². The second-order valence-corrected chi connectivity index (χ2v) is 2.73. The third-order valence-electron chi connectivity index (χ3n) is 1.87. The van der Waals surface area contributed by atoms with Gasteiger partial charge in [0.15, 0.2) is 0 Å². The lowest BCUT2D eigenvalue weighted by atomic mass is 10.0. The van der Waals surface area contributed by atoms with Crippen molar-refractivity contribution in [1.82, 2.24) is 0 Å². The predicted octanol–water partition coefficient (Wildman–Crippen LogP) is 1.93.